The topological polar surface area (TPSA) is 63.6 Å². The molecule has 0 amide bonds. The van der Waals surface area contributed by atoms with Crippen molar-refractivity contribution in [3.8, 4) is 0 Å². The second-order valence-corrected chi connectivity index (χ2v) is 1.42. The van der Waals surface area contributed by atoms with Crippen molar-refractivity contribution < 1.29 is 19.4 Å². The van der Waals surface area contributed by atoms with Crippen molar-refractivity contribution in [1.29, 1.82) is 0 Å². The Hall–Kier alpha value is -0.0603. The van der Waals surface area contributed by atoms with Crippen molar-refractivity contribution >= 4 is 49.7 Å². The number of esters is 1. The van der Waals surface area contributed by atoms with Crippen LogP contribution < -0.4 is 0 Å². The molecule has 1 N–H and O–H groups in total. The van der Waals surface area contributed by atoms with E-state index < -0.39 is 11.9 Å². The Bertz CT molecular complexity index is 164. The zero-order valence-electron chi connectivity index (χ0n) is 5.53. The Balaban J connectivity index is 0. The molecular formula is C6H10CaO4. The van der Waals surface area contributed by atoms with Gasteiger partial charge in [-0.15, -0.1) is 0 Å². The van der Waals surface area contributed by atoms with Crippen LogP contribution in [-0.4, -0.2) is 61.4 Å². The molecular weight excluding hydrogens is 176 g/mol. The van der Waals surface area contributed by atoms with Gasteiger partial charge in [-0.05, 0) is 6.92 Å². The third-order valence-electron chi connectivity index (χ3n) is 0.649. The monoisotopic (exact) mass is 186 g/mol. The molecule has 60 valence electrons. The van der Waals surface area contributed by atoms with Crippen molar-refractivity contribution in [3.05, 3.63) is 12.2 Å². The van der Waals surface area contributed by atoms with Crippen LogP contribution in [0.3, 0.4) is 0 Å². The van der Waals surface area contributed by atoms with E-state index in [1.807, 2.05) is 0 Å². The molecule has 11 heavy (non-hydrogen) atoms. The fourth-order valence-electron chi connectivity index (χ4n) is 0.330. The number of hydrogen-bond donors (Lipinski definition) is 1. The van der Waals surface area contributed by atoms with Gasteiger partial charge >= 0.3 is 49.7 Å². The molecule has 0 unspecified atom stereocenters. The zero-order chi connectivity index (χ0) is 7.98. The molecule has 0 atom stereocenters. The van der Waals surface area contributed by atoms with Gasteiger partial charge in [-0.2, -0.15) is 0 Å². The van der Waals surface area contributed by atoms with Gasteiger partial charge in [0.05, 0.1) is 6.61 Å². The van der Waals surface area contributed by atoms with Crippen LogP contribution >= 0.6 is 0 Å². The molecule has 0 aliphatic heterocycles. The minimum atomic E-state index is -1.16. The Morgan fingerprint density at radius 2 is 2.00 bits per heavy atom. The molecule has 0 saturated carbocycles. The molecule has 0 aliphatic rings. The molecule has 0 fully saturated rings. The zero-order valence-corrected chi connectivity index (χ0v) is 5.53. The molecule has 0 spiro atoms. The number of ether oxygens (including phenoxy) is 1. The molecule has 0 aromatic carbocycles. The number of carboxylic acid groups (broad SMARTS) is 1. The van der Waals surface area contributed by atoms with E-state index in [4.69, 9.17) is 5.11 Å². The van der Waals surface area contributed by atoms with Gasteiger partial charge in [-0.3, -0.25) is 0 Å². The van der Waals surface area contributed by atoms with Crippen LogP contribution in [0.25, 0.3) is 0 Å². The summed E-state index contributed by atoms with van der Waals surface area (Å²) in [5, 5.41) is 8.04. The number of carbonyl (C=O) groups is 2. The van der Waals surface area contributed by atoms with E-state index in [0.29, 0.717) is 0 Å². The Morgan fingerprint density at radius 1 is 1.45 bits per heavy atom. The standard InChI is InChI=1S/C6H8O4.Ca.2H/c1-2-10-6(9)4-3-5(7)8;;;/h3-4H,2H2,1H3,(H,7,8);;;/b4-3+;;;. The summed E-state index contributed by atoms with van der Waals surface area (Å²) >= 11 is 0. The first kappa shape index (κ1) is 13.5. The first-order valence-corrected chi connectivity index (χ1v) is 2.74. The Labute approximate surface area is 94.2 Å². The fraction of sp³-hybridized carbons (Fsp3) is 0.333. The first-order valence-electron chi connectivity index (χ1n) is 2.74. The molecule has 0 heterocycles. The summed E-state index contributed by atoms with van der Waals surface area (Å²) in [6, 6.07) is 0. The maximum atomic E-state index is 10.4. The second-order valence-electron chi connectivity index (χ2n) is 1.42. The van der Waals surface area contributed by atoms with Crippen LogP contribution in [0.15, 0.2) is 12.2 Å². The predicted octanol–water partition coefficient (Wildman–Crippen LogP) is -0.726. The van der Waals surface area contributed by atoms with E-state index in [-0.39, 0.29) is 44.3 Å². The number of aliphatic carboxylic acids is 1. The van der Waals surface area contributed by atoms with Crippen LogP contribution in [0.1, 0.15) is 6.92 Å². The molecule has 5 heteroatoms. The van der Waals surface area contributed by atoms with Gasteiger partial charge in [-0.1, -0.05) is 0 Å². The third kappa shape index (κ3) is 9.94. The Morgan fingerprint density at radius 3 is 2.36 bits per heavy atom. The van der Waals surface area contributed by atoms with Gasteiger partial charge in [0, 0.05) is 12.2 Å². The van der Waals surface area contributed by atoms with Crippen molar-refractivity contribution in [2.45, 2.75) is 6.92 Å². The number of carboxylic acids is 1. The number of carbonyl (C=O) groups excluding carboxylic acids is 1. The van der Waals surface area contributed by atoms with Crippen LogP contribution in [0.5, 0.6) is 0 Å². The summed E-state index contributed by atoms with van der Waals surface area (Å²) in [7, 11) is 0. The van der Waals surface area contributed by atoms with Crippen molar-refractivity contribution in [3.63, 3.8) is 0 Å². The van der Waals surface area contributed by atoms with E-state index >= 15 is 0 Å². The van der Waals surface area contributed by atoms with E-state index in [0.717, 1.165) is 12.2 Å². The third-order valence-corrected chi connectivity index (χ3v) is 0.649. The van der Waals surface area contributed by atoms with Gasteiger partial charge in [0.2, 0.25) is 0 Å². The first-order chi connectivity index (χ1) is 4.66. The van der Waals surface area contributed by atoms with Gasteiger partial charge in [-0.25, -0.2) is 9.59 Å². The van der Waals surface area contributed by atoms with Crippen LogP contribution in [0, 0.1) is 0 Å². The van der Waals surface area contributed by atoms with Crippen molar-refractivity contribution in [2.75, 3.05) is 6.61 Å². The van der Waals surface area contributed by atoms with Crippen molar-refractivity contribution in [2.24, 2.45) is 0 Å². The molecule has 0 saturated heterocycles. The van der Waals surface area contributed by atoms with Gasteiger partial charge in [0.1, 0.15) is 0 Å². The summed E-state index contributed by atoms with van der Waals surface area (Å²) in [5.41, 5.74) is 0. The molecule has 0 aliphatic carbocycles. The van der Waals surface area contributed by atoms with Gasteiger partial charge in [0.15, 0.2) is 0 Å². The molecule has 4 nitrogen and oxygen atoms in total. The van der Waals surface area contributed by atoms with E-state index in [1.165, 1.54) is 0 Å². The molecule has 0 aromatic heterocycles. The van der Waals surface area contributed by atoms with Crippen LogP contribution in [0.4, 0.5) is 0 Å². The summed E-state index contributed by atoms with van der Waals surface area (Å²) in [5.74, 6) is -1.79. The SMILES string of the molecule is CCOC(=O)/C=C/C(=O)O.[CaH2]. The van der Waals surface area contributed by atoms with Crippen LogP contribution in [0.2, 0.25) is 0 Å². The Kier molecular flexibility index (Phi) is 9.89. The number of hydrogen-bond acceptors (Lipinski definition) is 3. The minimum absolute atomic E-state index is 0. The average molecular weight is 186 g/mol. The summed E-state index contributed by atoms with van der Waals surface area (Å²) in [6.07, 6.45) is 1.60. The summed E-state index contributed by atoms with van der Waals surface area (Å²) < 4.78 is 4.40. The molecule has 0 aromatic rings. The van der Waals surface area contributed by atoms with E-state index in [9.17, 15) is 9.59 Å². The summed E-state index contributed by atoms with van der Waals surface area (Å²) in [4.78, 5) is 20.2. The van der Waals surface area contributed by atoms with Crippen LogP contribution in [-0.2, 0) is 14.3 Å². The fourth-order valence-corrected chi connectivity index (χ4v) is 0.330. The van der Waals surface area contributed by atoms with E-state index in [1.54, 1.807) is 6.92 Å². The molecule has 0 bridgehead atoms. The maximum absolute atomic E-state index is 10.4. The summed E-state index contributed by atoms with van der Waals surface area (Å²) in [6.45, 7) is 1.90. The predicted molar refractivity (Wildman–Crippen MR) is 42.0 cm³/mol. The molecule has 0 radical (unpaired) electrons. The quantitative estimate of drug-likeness (QED) is 0.359. The number of rotatable bonds is 3. The van der Waals surface area contributed by atoms with Crippen molar-refractivity contribution in [1.82, 2.24) is 0 Å². The van der Waals surface area contributed by atoms with Gasteiger partial charge < -0.3 is 9.84 Å². The van der Waals surface area contributed by atoms with Gasteiger partial charge in [0.25, 0.3) is 0 Å². The normalized spacial score (nSPS) is 8.82. The average Bonchev–Trinajstić information content (AvgIpc) is 1.85. The second kappa shape index (κ2) is 8.04. The van der Waals surface area contributed by atoms with E-state index in [2.05, 4.69) is 4.74 Å². The molecule has 0 rings (SSSR count).